The lowest BCUT2D eigenvalue weighted by Crippen LogP contribution is -2.63. The van der Waals surface area contributed by atoms with E-state index in [0.717, 1.165) is 141 Å². The molecule has 0 N–H and O–H groups in total. The Kier molecular flexibility index (Phi) is 48.6. The van der Waals surface area contributed by atoms with Crippen LogP contribution in [0, 0.1) is 0 Å². The maximum absolute atomic E-state index is 13.1. The van der Waals surface area contributed by atoms with E-state index in [1.807, 2.05) is 6.20 Å². The van der Waals surface area contributed by atoms with Crippen molar-refractivity contribution < 1.29 is 66.7 Å². The van der Waals surface area contributed by atoms with Gasteiger partial charge in [0.25, 0.3) is 0 Å². The van der Waals surface area contributed by atoms with Crippen molar-refractivity contribution in [3.05, 3.63) is 11.9 Å². The largest absolute Gasteiger partial charge is 0.463 e. The number of hydrogen-bond donors (Lipinski definition) is 0. The smallest absolute Gasteiger partial charge is 0.306 e. The third-order valence-electron chi connectivity index (χ3n) is 16.6. The Morgan fingerprint density at radius 1 is 0.477 bits per heavy atom. The van der Waals surface area contributed by atoms with Crippen LogP contribution in [-0.2, 0) is 79.6 Å². The molecule has 1 fully saturated rings. The zero-order chi connectivity index (χ0) is 64.2. The molecule has 0 aromatic carbocycles. The number of carbonyl (C=O) groups is 6. The lowest BCUT2D eigenvalue weighted by molar-refractivity contribution is -0.308. The van der Waals surface area contributed by atoms with Crippen LogP contribution in [0.4, 0.5) is 0 Å². The lowest BCUT2D eigenvalue weighted by Gasteiger charge is -2.44. The van der Waals surface area contributed by atoms with Crippen molar-refractivity contribution in [2.75, 3.05) is 32.8 Å². The van der Waals surface area contributed by atoms with E-state index in [-0.39, 0.29) is 43.9 Å². The first kappa shape index (κ1) is 79.9. The molecule has 1 aromatic rings. The summed E-state index contributed by atoms with van der Waals surface area (Å²) in [5.74, 6) is -2.83. The third-order valence-corrected chi connectivity index (χ3v) is 16.6. The summed E-state index contributed by atoms with van der Waals surface area (Å²) in [6.07, 6.45) is 41.1. The number of aromatic nitrogens is 3. The van der Waals surface area contributed by atoms with Crippen molar-refractivity contribution in [2.45, 2.75) is 368 Å². The molecule has 2 rings (SSSR count). The van der Waals surface area contributed by atoms with Gasteiger partial charge in [0.2, 0.25) is 0 Å². The summed E-state index contributed by atoms with van der Waals surface area (Å²) >= 11 is 0. The number of hydrogen-bond acceptors (Lipinski definition) is 17. The zero-order valence-electron chi connectivity index (χ0n) is 56.9. The van der Waals surface area contributed by atoms with Crippen LogP contribution in [0.1, 0.15) is 318 Å². The summed E-state index contributed by atoms with van der Waals surface area (Å²) < 4.78 is 47.9. The Morgan fingerprint density at radius 3 is 1.28 bits per heavy atom. The second-order valence-electron chi connectivity index (χ2n) is 25.0. The average Bonchev–Trinajstić information content (AvgIpc) is 1.70. The second kappa shape index (κ2) is 53.5. The van der Waals surface area contributed by atoms with Crippen LogP contribution in [0.5, 0.6) is 0 Å². The van der Waals surface area contributed by atoms with Gasteiger partial charge >= 0.3 is 35.8 Å². The fourth-order valence-corrected chi connectivity index (χ4v) is 11.6. The van der Waals surface area contributed by atoms with Crippen molar-refractivity contribution in [1.82, 2.24) is 19.9 Å². The van der Waals surface area contributed by atoms with Crippen molar-refractivity contribution in [3.8, 4) is 0 Å². The van der Waals surface area contributed by atoms with Gasteiger partial charge in [-0.3, -0.25) is 28.8 Å². The van der Waals surface area contributed by atoms with Crippen LogP contribution in [0.25, 0.3) is 0 Å². The summed E-state index contributed by atoms with van der Waals surface area (Å²) in [6.45, 7) is 16.3. The molecule has 1 aliphatic rings. The van der Waals surface area contributed by atoms with Gasteiger partial charge in [0.05, 0.1) is 18.8 Å². The number of ether oxygens (including phenoxy) is 8. The highest BCUT2D eigenvalue weighted by Gasteiger charge is 2.52. The molecule has 18 heteroatoms. The van der Waals surface area contributed by atoms with E-state index in [1.54, 1.807) is 4.68 Å². The molecule has 1 aliphatic heterocycles. The van der Waals surface area contributed by atoms with Gasteiger partial charge in [-0.2, -0.15) is 0 Å². The van der Waals surface area contributed by atoms with Gasteiger partial charge in [0, 0.05) is 59.7 Å². The Morgan fingerprint density at radius 2 is 0.864 bits per heavy atom. The van der Waals surface area contributed by atoms with E-state index in [1.165, 1.54) is 156 Å². The summed E-state index contributed by atoms with van der Waals surface area (Å²) in [5, 5.41) is 8.84. The minimum Gasteiger partial charge on any atom is -0.463 e. The Hall–Kier alpha value is -4.16. The first-order chi connectivity index (χ1) is 42.7. The molecular formula is C70H126N4O14. The van der Waals surface area contributed by atoms with Gasteiger partial charge in [0.1, 0.15) is 24.9 Å². The lowest BCUT2D eigenvalue weighted by atomic mass is 9.98. The predicted molar refractivity (Wildman–Crippen MR) is 345 cm³/mol. The Labute approximate surface area is 533 Å². The van der Waals surface area contributed by atoms with Crippen LogP contribution in [0.15, 0.2) is 6.20 Å². The summed E-state index contributed by atoms with van der Waals surface area (Å²) in [6, 6.07) is 0. The number of nitrogens with zero attached hydrogens (tertiary/aromatic N) is 4. The van der Waals surface area contributed by atoms with Gasteiger partial charge in [-0.15, -0.1) is 5.10 Å². The summed E-state index contributed by atoms with van der Waals surface area (Å²) in [5.41, 5.74) is 0.818. The molecule has 1 aromatic heterocycles. The van der Waals surface area contributed by atoms with E-state index in [2.05, 4.69) is 42.9 Å². The van der Waals surface area contributed by atoms with Gasteiger partial charge in [-0.25, -0.2) is 4.68 Å². The molecule has 88 heavy (non-hydrogen) atoms. The van der Waals surface area contributed by atoms with Crippen molar-refractivity contribution in [2.24, 2.45) is 0 Å². The normalized spacial score (nSPS) is 16.7. The van der Waals surface area contributed by atoms with E-state index in [0.29, 0.717) is 19.3 Å². The monoisotopic (exact) mass is 1250 g/mol. The fourth-order valence-electron chi connectivity index (χ4n) is 11.6. The minimum atomic E-state index is -1.33. The first-order valence-electron chi connectivity index (χ1n) is 35.6. The van der Waals surface area contributed by atoms with Crippen LogP contribution < -0.4 is 0 Å². The van der Waals surface area contributed by atoms with Gasteiger partial charge in [0.15, 0.2) is 24.6 Å². The molecule has 0 saturated carbocycles. The first-order valence-corrected chi connectivity index (χ1v) is 35.6. The van der Waals surface area contributed by atoms with Crippen molar-refractivity contribution in [1.29, 1.82) is 0 Å². The number of unbranched alkanes of at least 4 members (excludes halogenated alkanes) is 28. The van der Waals surface area contributed by atoms with Gasteiger partial charge in [-0.1, -0.05) is 200 Å². The van der Waals surface area contributed by atoms with Gasteiger partial charge < -0.3 is 42.8 Å². The zero-order valence-corrected chi connectivity index (χ0v) is 56.9. The molecule has 510 valence electrons. The Balaban J connectivity index is 2.02. The van der Waals surface area contributed by atoms with Crippen LogP contribution in [0.3, 0.4) is 0 Å². The number of esters is 6. The van der Waals surface area contributed by atoms with Crippen molar-refractivity contribution >= 4 is 35.8 Å². The molecule has 0 aliphatic carbocycles. The minimum absolute atomic E-state index is 0.0170. The fraction of sp³-hybridized carbons (Fsp3) is 0.886. The van der Waals surface area contributed by atoms with E-state index < -0.39 is 54.6 Å². The predicted octanol–water partition coefficient (Wildman–Crippen LogP) is 15.7. The molecule has 0 radical (unpaired) electrons. The van der Waals surface area contributed by atoms with Crippen molar-refractivity contribution in [3.63, 3.8) is 0 Å². The van der Waals surface area contributed by atoms with Crippen LogP contribution >= 0.6 is 0 Å². The van der Waals surface area contributed by atoms with E-state index in [9.17, 15) is 28.8 Å². The summed E-state index contributed by atoms with van der Waals surface area (Å²) in [7, 11) is 0. The summed E-state index contributed by atoms with van der Waals surface area (Å²) in [4.78, 5) is 77.3. The maximum atomic E-state index is 13.1. The molecule has 0 spiro atoms. The number of rotatable bonds is 58. The topological polar surface area (TPSA) is 210 Å². The standard InChI is InChI=1S/C70H126N4O14/c1-9-13-17-21-27-35-43-62(44-36-28-22-18-14-10-2)86-65(79)47-39-31-25-33-41-50-73(51-42-34-26-32-40-48-66(80)87-63(45-37-29-23-19-15-11-3)46-38-30-24-20-16-12-4)52-49-61-55-74(72-71-61)53-54-81-70-69(85-60(8)78)68(84-59(7)77)67(83-58(6)76)64(88-70)56-82-57(5)75/h55,62-64,67-70H,9-54,56H2,1-8H3. The Bertz CT molecular complexity index is 1840. The highest BCUT2D eigenvalue weighted by Crippen LogP contribution is 2.30. The van der Waals surface area contributed by atoms with Gasteiger partial charge in [-0.05, 0) is 90.1 Å². The number of carbonyl (C=O) groups excluding carboxylic acids is 6. The molecule has 5 atom stereocenters. The quantitative estimate of drug-likeness (QED) is 0.0337. The highest BCUT2D eigenvalue weighted by molar-refractivity contribution is 5.70. The molecule has 1 saturated heterocycles. The second-order valence-corrected chi connectivity index (χ2v) is 25.0. The SMILES string of the molecule is CCCCCCCCC(CCCCCCCC)OC(=O)CCCCCCCN(CCCCCCCC(=O)OC(CCCCCCCC)CCCCCCCC)CCc1cn(CCOC2OC(COC(C)=O)C(OC(C)=O)C(OC(C)=O)C2OC(C)=O)nn1. The molecule has 2 heterocycles. The molecule has 0 bridgehead atoms. The molecular weight excluding hydrogens is 1120 g/mol. The highest BCUT2D eigenvalue weighted by atomic mass is 16.7. The molecule has 18 nitrogen and oxygen atoms in total. The molecule has 0 amide bonds. The third kappa shape index (κ3) is 42.0. The van der Waals surface area contributed by atoms with Crippen LogP contribution in [-0.4, -0.2) is 131 Å². The maximum Gasteiger partial charge on any atom is 0.306 e. The average molecular weight is 1250 g/mol. The van der Waals surface area contributed by atoms with E-state index >= 15 is 0 Å². The molecule has 5 unspecified atom stereocenters. The van der Waals surface area contributed by atoms with E-state index in [4.69, 9.17) is 37.9 Å². The van der Waals surface area contributed by atoms with Crippen LogP contribution in [0.2, 0.25) is 0 Å².